The molecule has 1 aliphatic carbocycles. The van der Waals surface area contributed by atoms with Crippen LogP contribution >= 0.6 is 0 Å². The summed E-state index contributed by atoms with van der Waals surface area (Å²) in [5.41, 5.74) is 0.309. The molecule has 0 spiro atoms. The molecule has 2 saturated heterocycles. The summed E-state index contributed by atoms with van der Waals surface area (Å²) in [7, 11) is 0. The van der Waals surface area contributed by atoms with Crippen LogP contribution in [0.3, 0.4) is 0 Å². The van der Waals surface area contributed by atoms with Crippen LogP contribution in [0.2, 0.25) is 0 Å². The molecule has 3 heteroatoms. The van der Waals surface area contributed by atoms with Gasteiger partial charge in [0, 0.05) is 37.1 Å². The minimum Gasteiger partial charge on any atom is -0.378 e. The van der Waals surface area contributed by atoms with Gasteiger partial charge < -0.3 is 14.8 Å². The summed E-state index contributed by atoms with van der Waals surface area (Å²) < 4.78 is 11.4. The molecule has 0 amide bonds. The minimum atomic E-state index is 0.309. The molecule has 17 heavy (non-hydrogen) atoms. The first-order valence-electron chi connectivity index (χ1n) is 7.07. The highest BCUT2D eigenvalue weighted by molar-refractivity contribution is 5.11. The maximum atomic E-state index is 5.83. The minimum absolute atomic E-state index is 0.309. The highest BCUT2D eigenvalue weighted by atomic mass is 16.5. The Labute approximate surface area is 104 Å². The van der Waals surface area contributed by atoms with E-state index in [2.05, 4.69) is 26.1 Å². The van der Waals surface area contributed by atoms with Crippen molar-refractivity contribution in [3.05, 3.63) is 0 Å². The van der Waals surface area contributed by atoms with Crippen LogP contribution in [0.4, 0.5) is 0 Å². The van der Waals surface area contributed by atoms with E-state index in [-0.39, 0.29) is 0 Å². The van der Waals surface area contributed by atoms with Crippen LogP contribution in [0.1, 0.15) is 33.6 Å². The molecule has 3 fully saturated rings. The number of nitrogens with one attached hydrogen (secondary N) is 1. The summed E-state index contributed by atoms with van der Waals surface area (Å²) in [4.78, 5) is 0. The molecular weight excluding hydrogens is 214 g/mol. The van der Waals surface area contributed by atoms with Crippen LogP contribution < -0.4 is 5.32 Å². The molecule has 1 saturated carbocycles. The fraction of sp³-hybridized carbons (Fsp3) is 1.00. The zero-order valence-electron chi connectivity index (χ0n) is 11.2. The molecule has 0 aromatic heterocycles. The van der Waals surface area contributed by atoms with E-state index in [0.717, 1.165) is 25.7 Å². The van der Waals surface area contributed by atoms with Gasteiger partial charge in [0.15, 0.2) is 0 Å². The smallest absolute Gasteiger partial charge is 0.0685 e. The van der Waals surface area contributed by atoms with E-state index in [9.17, 15) is 0 Å². The van der Waals surface area contributed by atoms with Gasteiger partial charge >= 0.3 is 0 Å². The van der Waals surface area contributed by atoms with E-state index in [1.165, 1.54) is 12.8 Å². The Hall–Kier alpha value is -0.120. The average Bonchev–Trinajstić information content (AvgIpc) is 2.87. The van der Waals surface area contributed by atoms with Crippen LogP contribution in [0.25, 0.3) is 0 Å². The number of ether oxygens (including phenoxy) is 2. The first-order chi connectivity index (χ1) is 8.10. The van der Waals surface area contributed by atoms with Crippen molar-refractivity contribution in [2.45, 2.75) is 51.9 Å². The standard InChI is InChI=1S/C14H25NO2/c1-9-10(4-6-16-9)8-15-12-11-5-7-17-13(11)14(12,2)3/h9-13,15H,4-8H2,1-3H3. The fourth-order valence-corrected chi connectivity index (χ4v) is 4.06. The Bertz CT molecular complexity index is 292. The maximum absolute atomic E-state index is 5.83. The van der Waals surface area contributed by atoms with Crippen molar-refractivity contribution in [2.24, 2.45) is 17.3 Å². The van der Waals surface area contributed by atoms with Gasteiger partial charge in [-0.3, -0.25) is 0 Å². The topological polar surface area (TPSA) is 30.5 Å². The molecule has 2 heterocycles. The van der Waals surface area contributed by atoms with E-state index >= 15 is 0 Å². The summed E-state index contributed by atoms with van der Waals surface area (Å²) >= 11 is 0. The number of hydrogen-bond donors (Lipinski definition) is 1. The molecule has 0 aromatic rings. The Morgan fingerprint density at radius 2 is 1.94 bits per heavy atom. The first kappa shape index (κ1) is 11.9. The van der Waals surface area contributed by atoms with Crippen molar-refractivity contribution in [3.8, 4) is 0 Å². The summed E-state index contributed by atoms with van der Waals surface area (Å²) in [6, 6.07) is 0.641. The molecule has 0 bridgehead atoms. The molecule has 1 N–H and O–H groups in total. The quantitative estimate of drug-likeness (QED) is 0.815. The van der Waals surface area contributed by atoms with Crippen LogP contribution in [-0.4, -0.2) is 38.0 Å². The molecule has 2 aliphatic heterocycles. The second-order valence-corrected chi connectivity index (χ2v) is 6.58. The molecule has 0 aromatic carbocycles. The number of rotatable bonds is 3. The molecular formula is C14H25NO2. The highest BCUT2D eigenvalue weighted by Crippen LogP contribution is 2.52. The largest absolute Gasteiger partial charge is 0.378 e. The predicted octanol–water partition coefficient (Wildman–Crippen LogP) is 1.81. The third-order valence-electron chi connectivity index (χ3n) is 5.23. The molecule has 3 rings (SSSR count). The molecule has 0 radical (unpaired) electrons. The molecule has 98 valence electrons. The van der Waals surface area contributed by atoms with E-state index < -0.39 is 0 Å². The van der Waals surface area contributed by atoms with Crippen molar-refractivity contribution >= 4 is 0 Å². The summed E-state index contributed by atoms with van der Waals surface area (Å²) in [5.74, 6) is 1.45. The first-order valence-corrected chi connectivity index (χ1v) is 7.07. The predicted molar refractivity (Wildman–Crippen MR) is 66.9 cm³/mol. The zero-order valence-corrected chi connectivity index (χ0v) is 11.2. The Balaban J connectivity index is 1.55. The van der Waals surface area contributed by atoms with Crippen LogP contribution in [0, 0.1) is 17.3 Å². The monoisotopic (exact) mass is 239 g/mol. The lowest BCUT2D eigenvalue weighted by molar-refractivity contribution is -0.113. The van der Waals surface area contributed by atoms with E-state index in [0.29, 0.717) is 29.6 Å². The SMILES string of the molecule is CC1OCCC1CNC1C2CCOC2C1(C)C. The highest BCUT2D eigenvalue weighted by Gasteiger charge is 2.59. The second-order valence-electron chi connectivity index (χ2n) is 6.58. The van der Waals surface area contributed by atoms with Crippen LogP contribution in [0.15, 0.2) is 0 Å². The van der Waals surface area contributed by atoms with Crippen molar-refractivity contribution in [2.75, 3.05) is 19.8 Å². The van der Waals surface area contributed by atoms with Crippen molar-refractivity contribution in [1.29, 1.82) is 0 Å². The normalized spacial score (nSPS) is 47.8. The maximum Gasteiger partial charge on any atom is 0.0685 e. The van der Waals surface area contributed by atoms with Crippen molar-refractivity contribution in [3.63, 3.8) is 0 Å². The third-order valence-corrected chi connectivity index (χ3v) is 5.23. The van der Waals surface area contributed by atoms with E-state index in [1.807, 2.05) is 0 Å². The molecule has 3 aliphatic rings. The average molecular weight is 239 g/mol. The fourth-order valence-electron chi connectivity index (χ4n) is 4.06. The number of fused-ring (bicyclic) bond motifs is 1. The lowest BCUT2D eigenvalue weighted by Crippen LogP contribution is -2.66. The third kappa shape index (κ3) is 1.83. The van der Waals surface area contributed by atoms with Gasteiger partial charge in [0.25, 0.3) is 0 Å². The van der Waals surface area contributed by atoms with E-state index in [1.54, 1.807) is 0 Å². The van der Waals surface area contributed by atoms with Gasteiger partial charge in [0.2, 0.25) is 0 Å². The zero-order chi connectivity index (χ0) is 12.0. The van der Waals surface area contributed by atoms with Gasteiger partial charge in [0.1, 0.15) is 0 Å². The summed E-state index contributed by atoms with van der Waals surface area (Å²) in [5, 5.41) is 3.79. The van der Waals surface area contributed by atoms with Crippen LogP contribution in [0.5, 0.6) is 0 Å². The lowest BCUT2D eigenvalue weighted by atomic mass is 9.57. The van der Waals surface area contributed by atoms with Gasteiger partial charge in [0.05, 0.1) is 12.2 Å². The molecule has 3 nitrogen and oxygen atoms in total. The van der Waals surface area contributed by atoms with Gasteiger partial charge in [-0.2, -0.15) is 0 Å². The van der Waals surface area contributed by atoms with Gasteiger partial charge in [-0.1, -0.05) is 13.8 Å². The van der Waals surface area contributed by atoms with Gasteiger partial charge in [-0.05, 0) is 25.7 Å². The Kier molecular flexibility index (Phi) is 2.96. The van der Waals surface area contributed by atoms with Crippen molar-refractivity contribution < 1.29 is 9.47 Å². The van der Waals surface area contributed by atoms with E-state index in [4.69, 9.17) is 9.47 Å². The van der Waals surface area contributed by atoms with Gasteiger partial charge in [-0.15, -0.1) is 0 Å². The number of hydrogen-bond acceptors (Lipinski definition) is 3. The second kappa shape index (κ2) is 4.22. The molecule has 5 unspecified atom stereocenters. The Morgan fingerprint density at radius 3 is 2.65 bits per heavy atom. The lowest BCUT2D eigenvalue weighted by Gasteiger charge is -2.55. The Morgan fingerprint density at radius 1 is 1.18 bits per heavy atom. The van der Waals surface area contributed by atoms with Crippen molar-refractivity contribution in [1.82, 2.24) is 5.32 Å². The molecule has 5 atom stereocenters. The van der Waals surface area contributed by atoms with Crippen LogP contribution in [-0.2, 0) is 9.47 Å². The summed E-state index contributed by atoms with van der Waals surface area (Å²) in [6.07, 6.45) is 3.38. The summed E-state index contributed by atoms with van der Waals surface area (Å²) in [6.45, 7) is 9.89. The van der Waals surface area contributed by atoms with Gasteiger partial charge in [-0.25, -0.2) is 0 Å².